The standard InChI is InChI=1S/C28H35N5O9/c1-2-28(18-9-4-3-5-10-18)25(39)32-27(41)33(26(28)40)16-7-6-11-20(34)29-14-8-15-30-21(35)12-13-23(37)42-19-17-22(36)31-24(19)38/h3-5,9-10,17,31,36,38H,2,6-8,11-16H2,1H3,(H,29,34)(H,30,35)(H,32,39,41). The number of aromatic hydroxyl groups is 2. The van der Waals surface area contributed by atoms with E-state index in [1.807, 2.05) is 0 Å². The van der Waals surface area contributed by atoms with Crippen molar-refractivity contribution in [2.75, 3.05) is 19.6 Å². The van der Waals surface area contributed by atoms with Gasteiger partial charge < -0.3 is 25.6 Å². The number of benzene rings is 1. The molecular weight excluding hydrogens is 550 g/mol. The molecule has 226 valence electrons. The number of carbonyl (C=O) groups excluding carboxylic acids is 6. The maximum absolute atomic E-state index is 13.3. The number of barbiturate groups is 1. The molecule has 6 amide bonds. The Kier molecular flexibility index (Phi) is 11.0. The van der Waals surface area contributed by atoms with Crippen molar-refractivity contribution < 1.29 is 43.7 Å². The van der Waals surface area contributed by atoms with Crippen LogP contribution in [0.4, 0.5) is 4.79 Å². The molecule has 2 heterocycles. The van der Waals surface area contributed by atoms with Gasteiger partial charge in [-0.15, -0.1) is 0 Å². The van der Waals surface area contributed by atoms with Gasteiger partial charge in [0.05, 0.1) is 6.42 Å². The SMILES string of the molecule is CCC1(c2ccccc2)C(=O)NC(=O)N(CCCCC(=O)NCCCNC(=O)CCC(=O)Oc2cc(O)[nH]c2O)C1=O. The van der Waals surface area contributed by atoms with Crippen LogP contribution in [0.15, 0.2) is 36.4 Å². The number of nitrogens with one attached hydrogen (secondary N) is 4. The lowest BCUT2D eigenvalue weighted by molar-refractivity contribution is -0.145. The number of rotatable bonds is 15. The molecular formula is C28H35N5O9. The van der Waals surface area contributed by atoms with E-state index >= 15 is 0 Å². The number of unbranched alkanes of at least 4 members (excludes halogenated alkanes) is 1. The highest BCUT2D eigenvalue weighted by atomic mass is 16.5. The number of nitrogens with zero attached hydrogens (tertiary/aromatic N) is 1. The van der Waals surface area contributed by atoms with E-state index in [9.17, 15) is 39.0 Å². The summed E-state index contributed by atoms with van der Waals surface area (Å²) in [6.45, 7) is 2.36. The van der Waals surface area contributed by atoms with Crippen LogP contribution in [0.25, 0.3) is 0 Å². The van der Waals surface area contributed by atoms with Crippen molar-refractivity contribution >= 4 is 35.6 Å². The van der Waals surface area contributed by atoms with Gasteiger partial charge in [0.15, 0.2) is 17.0 Å². The summed E-state index contributed by atoms with van der Waals surface area (Å²) in [7, 11) is 0. The Morgan fingerprint density at radius 2 is 1.60 bits per heavy atom. The second kappa shape index (κ2) is 14.7. The molecule has 1 aliphatic heterocycles. The average molecular weight is 586 g/mol. The number of amides is 6. The first-order valence-electron chi connectivity index (χ1n) is 13.7. The molecule has 0 radical (unpaired) electrons. The maximum Gasteiger partial charge on any atom is 0.330 e. The van der Waals surface area contributed by atoms with E-state index in [1.54, 1.807) is 37.3 Å². The Hall–Kier alpha value is -4.88. The van der Waals surface area contributed by atoms with E-state index in [0.717, 1.165) is 11.0 Å². The molecule has 14 nitrogen and oxygen atoms in total. The zero-order chi connectivity index (χ0) is 30.7. The van der Waals surface area contributed by atoms with E-state index in [-0.39, 0.29) is 56.3 Å². The largest absolute Gasteiger partial charge is 0.494 e. The minimum absolute atomic E-state index is 0.0637. The number of hydrogen-bond acceptors (Lipinski definition) is 9. The molecule has 1 fully saturated rings. The van der Waals surface area contributed by atoms with Crippen LogP contribution in [0.2, 0.25) is 0 Å². The third-order valence-corrected chi connectivity index (χ3v) is 6.82. The zero-order valence-electron chi connectivity index (χ0n) is 23.2. The number of aromatic amines is 1. The summed E-state index contributed by atoms with van der Waals surface area (Å²) in [6, 6.07) is 8.87. The summed E-state index contributed by atoms with van der Waals surface area (Å²) in [6.07, 6.45) is 1.22. The monoisotopic (exact) mass is 585 g/mol. The van der Waals surface area contributed by atoms with Gasteiger partial charge in [-0.3, -0.25) is 39.2 Å². The second-order valence-corrected chi connectivity index (χ2v) is 9.69. The van der Waals surface area contributed by atoms with E-state index in [2.05, 4.69) is 20.9 Å². The van der Waals surface area contributed by atoms with Crippen molar-refractivity contribution in [1.29, 1.82) is 0 Å². The highest BCUT2D eigenvalue weighted by Gasteiger charge is 2.53. The van der Waals surface area contributed by atoms with Gasteiger partial charge in [-0.1, -0.05) is 37.3 Å². The van der Waals surface area contributed by atoms with E-state index in [4.69, 9.17) is 4.74 Å². The first-order valence-corrected chi connectivity index (χ1v) is 13.7. The lowest BCUT2D eigenvalue weighted by Gasteiger charge is -2.39. The van der Waals surface area contributed by atoms with Crippen LogP contribution in [0.3, 0.4) is 0 Å². The maximum atomic E-state index is 13.3. The van der Waals surface area contributed by atoms with E-state index in [0.29, 0.717) is 31.4 Å². The molecule has 1 saturated heterocycles. The van der Waals surface area contributed by atoms with Gasteiger partial charge in [0.25, 0.3) is 5.91 Å². The number of H-pyrrole nitrogens is 1. The molecule has 1 aliphatic rings. The number of esters is 1. The van der Waals surface area contributed by atoms with Gasteiger partial charge in [0, 0.05) is 38.5 Å². The number of urea groups is 1. The molecule has 42 heavy (non-hydrogen) atoms. The lowest BCUT2D eigenvalue weighted by atomic mass is 9.74. The van der Waals surface area contributed by atoms with Crippen LogP contribution in [0.1, 0.15) is 57.4 Å². The minimum atomic E-state index is -1.48. The van der Waals surface area contributed by atoms with Crippen LogP contribution >= 0.6 is 0 Å². The summed E-state index contributed by atoms with van der Waals surface area (Å²) in [5, 5.41) is 26.3. The number of hydrogen-bond donors (Lipinski definition) is 6. The molecule has 1 unspecified atom stereocenters. The molecule has 0 spiro atoms. The molecule has 0 bridgehead atoms. The van der Waals surface area contributed by atoms with Crippen molar-refractivity contribution in [2.24, 2.45) is 0 Å². The van der Waals surface area contributed by atoms with Gasteiger partial charge in [-0.2, -0.15) is 0 Å². The van der Waals surface area contributed by atoms with E-state index < -0.39 is 41.0 Å². The minimum Gasteiger partial charge on any atom is -0.494 e. The van der Waals surface area contributed by atoms with E-state index in [1.165, 1.54) is 0 Å². The Labute approximate surface area is 241 Å². The quantitative estimate of drug-likeness (QED) is 0.101. The van der Waals surface area contributed by atoms with Crippen molar-refractivity contribution in [1.82, 2.24) is 25.8 Å². The van der Waals surface area contributed by atoms with Crippen molar-refractivity contribution in [3.8, 4) is 17.5 Å². The molecule has 3 rings (SSSR count). The van der Waals surface area contributed by atoms with Crippen LogP contribution in [-0.4, -0.2) is 75.4 Å². The zero-order valence-corrected chi connectivity index (χ0v) is 23.2. The Morgan fingerprint density at radius 1 is 0.929 bits per heavy atom. The molecule has 1 aromatic heterocycles. The van der Waals surface area contributed by atoms with Gasteiger partial charge in [-0.25, -0.2) is 4.79 Å². The summed E-state index contributed by atoms with van der Waals surface area (Å²) >= 11 is 0. The summed E-state index contributed by atoms with van der Waals surface area (Å²) in [4.78, 5) is 77.5. The van der Waals surface area contributed by atoms with Crippen molar-refractivity contribution in [3.05, 3.63) is 42.0 Å². The van der Waals surface area contributed by atoms with Crippen LogP contribution in [0, 0.1) is 0 Å². The molecule has 0 aliphatic carbocycles. The van der Waals surface area contributed by atoms with Crippen molar-refractivity contribution in [2.45, 2.75) is 57.3 Å². The first-order chi connectivity index (χ1) is 20.1. The van der Waals surface area contributed by atoms with Gasteiger partial charge in [-0.05, 0) is 31.2 Å². The predicted molar refractivity (Wildman–Crippen MR) is 147 cm³/mol. The Morgan fingerprint density at radius 3 is 2.21 bits per heavy atom. The summed E-state index contributed by atoms with van der Waals surface area (Å²) < 4.78 is 4.85. The number of aromatic nitrogens is 1. The summed E-state index contributed by atoms with van der Waals surface area (Å²) in [5.41, 5.74) is -0.968. The molecule has 2 aromatic rings. The smallest absolute Gasteiger partial charge is 0.330 e. The third kappa shape index (κ3) is 7.86. The van der Waals surface area contributed by atoms with Crippen LogP contribution in [0.5, 0.6) is 17.5 Å². The van der Waals surface area contributed by atoms with Crippen molar-refractivity contribution in [3.63, 3.8) is 0 Å². The fourth-order valence-corrected chi connectivity index (χ4v) is 4.54. The fraction of sp³-hybridized carbons (Fsp3) is 0.429. The Balaban J connectivity index is 1.30. The molecule has 0 saturated carbocycles. The molecule has 14 heteroatoms. The van der Waals surface area contributed by atoms with Gasteiger partial charge in [0.1, 0.15) is 0 Å². The fourth-order valence-electron chi connectivity index (χ4n) is 4.54. The van der Waals surface area contributed by atoms with Crippen LogP contribution < -0.4 is 20.7 Å². The normalized spacial score (nSPS) is 16.6. The average Bonchev–Trinajstić information content (AvgIpc) is 3.27. The number of imide groups is 2. The highest BCUT2D eigenvalue weighted by molar-refractivity contribution is 6.22. The van der Waals surface area contributed by atoms with Crippen LogP contribution in [-0.2, 0) is 29.4 Å². The predicted octanol–water partition coefficient (Wildman–Crippen LogP) is 1.33. The van der Waals surface area contributed by atoms with Gasteiger partial charge >= 0.3 is 12.0 Å². The second-order valence-electron chi connectivity index (χ2n) is 9.69. The molecule has 1 aromatic carbocycles. The third-order valence-electron chi connectivity index (χ3n) is 6.82. The number of carbonyl (C=O) groups is 6. The topological polar surface area (TPSA) is 207 Å². The Bertz CT molecular complexity index is 1310. The molecule has 1 atom stereocenters. The molecule has 6 N–H and O–H groups in total. The first kappa shape index (κ1) is 31.6. The lowest BCUT2D eigenvalue weighted by Crippen LogP contribution is -2.65. The van der Waals surface area contributed by atoms with Gasteiger partial charge in [0.2, 0.25) is 23.6 Å². The summed E-state index contributed by atoms with van der Waals surface area (Å²) in [5.74, 6) is -3.70. The highest BCUT2D eigenvalue weighted by Crippen LogP contribution is 2.33. The number of ether oxygens (including phenoxy) is 1.